The van der Waals surface area contributed by atoms with Crippen LogP contribution in [0.5, 0.6) is 0 Å². The number of likely N-dealkylation sites (tertiary alicyclic amines) is 1. The standard InChI is InChI=1S/C14H24N4O.ClH/c1-4-15-10-12-5-7-18(8-6-12)14(19)13-9-11(2)17(3)16-13;/h9,12,15H,4-8,10H2,1-3H3;1H. The Morgan fingerprint density at radius 3 is 2.60 bits per heavy atom. The highest BCUT2D eigenvalue weighted by atomic mass is 35.5. The third-order valence-electron chi connectivity index (χ3n) is 3.92. The van der Waals surface area contributed by atoms with Crippen LogP contribution in [0.1, 0.15) is 35.9 Å². The molecule has 0 bridgehead atoms. The second-order valence-electron chi connectivity index (χ2n) is 5.34. The van der Waals surface area contributed by atoms with Crippen LogP contribution in [0.25, 0.3) is 0 Å². The molecule has 1 aliphatic heterocycles. The summed E-state index contributed by atoms with van der Waals surface area (Å²) in [6.07, 6.45) is 2.18. The van der Waals surface area contributed by atoms with Crippen LogP contribution >= 0.6 is 12.4 Å². The summed E-state index contributed by atoms with van der Waals surface area (Å²) in [6.45, 7) is 7.89. The summed E-state index contributed by atoms with van der Waals surface area (Å²) in [5.74, 6) is 0.778. The number of carbonyl (C=O) groups is 1. The minimum atomic E-state index is 0. The Balaban J connectivity index is 0.00000200. The molecule has 0 atom stereocenters. The number of hydrogen-bond acceptors (Lipinski definition) is 3. The first kappa shape index (κ1) is 17.0. The van der Waals surface area contributed by atoms with Gasteiger partial charge in [-0.15, -0.1) is 12.4 Å². The molecule has 1 fully saturated rings. The van der Waals surface area contributed by atoms with E-state index in [9.17, 15) is 4.79 Å². The van der Waals surface area contributed by atoms with Crippen molar-refractivity contribution in [1.29, 1.82) is 0 Å². The van der Waals surface area contributed by atoms with Gasteiger partial charge in [0.2, 0.25) is 0 Å². The number of nitrogens with one attached hydrogen (secondary N) is 1. The maximum absolute atomic E-state index is 12.3. The Bertz CT molecular complexity index is 419. The van der Waals surface area contributed by atoms with Gasteiger partial charge in [-0.05, 0) is 44.8 Å². The first-order valence-corrected chi connectivity index (χ1v) is 7.12. The molecule has 0 saturated carbocycles. The fourth-order valence-electron chi connectivity index (χ4n) is 2.52. The number of nitrogens with zero attached hydrogens (tertiary/aromatic N) is 3. The zero-order chi connectivity index (χ0) is 13.8. The number of rotatable bonds is 4. The molecule has 1 aromatic rings. The Labute approximate surface area is 127 Å². The number of aromatic nitrogens is 2. The zero-order valence-electron chi connectivity index (χ0n) is 12.6. The van der Waals surface area contributed by atoms with Gasteiger partial charge in [-0.25, -0.2) is 0 Å². The summed E-state index contributed by atoms with van der Waals surface area (Å²) in [7, 11) is 1.87. The Morgan fingerprint density at radius 1 is 1.45 bits per heavy atom. The SMILES string of the molecule is CCNCC1CCN(C(=O)c2cc(C)n(C)n2)CC1.Cl. The van der Waals surface area contributed by atoms with Gasteiger partial charge >= 0.3 is 0 Å². The van der Waals surface area contributed by atoms with Gasteiger partial charge in [-0.2, -0.15) is 5.10 Å². The van der Waals surface area contributed by atoms with Crippen molar-refractivity contribution < 1.29 is 4.79 Å². The molecule has 1 aromatic heterocycles. The highest BCUT2D eigenvalue weighted by Gasteiger charge is 2.24. The molecule has 2 heterocycles. The molecule has 1 saturated heterocycles. The average Bonchev–Trinajstić information content (AvgIpc) is 2.76. The Kier molecular flexibility index (Phi) is 6.49. The Morgan fingerprint density at radius 2 is 2.10 bits per heavy atom. The predicted molar refractivity (Wildman–Crippen MR) is 82.4 cm³/mol. The van der Waals surface area contributed by atoms with Crippen LogP contribution in [0.3, 0.4) is 0 Å². The molecule has 6 heteroatoms. The van der Waals surface area contributed by atoms with Crippen molar-refractivity contribution >= 4 is 18.3 Å². The quantitative estimate of drug-likeness (QED) is 0.919. The van der Waals surface area contributed by atoms with Crippen LogP contribution in [0.15, 0.2) is 6.07 Å². The van der Waals surface area contributed by atoms with Crippen LogP contribution < -0.4 is 5.32 Å². The number of hydrogen-bond donors (Lipinski definition) is 1. The van der Waals surface area contributed by atoms with Gasteiger partial charge in [0.05, 0.1) is 0 Å². The molecule has 0 spiro atoms. The summed E-state index contributed by atoms with van der Waals surface area (Å²) in [5.41, 5.74) is 1.59. The second-order valence-corrected chi connectivity index (χ2v) is 5.34. The third-order valence-corrected chi connectivity index (χ3v) is 3.92. The normalized spacial score (nSPS) is 16.1. The molecule has 1 amide bonds. The molecule has 0 radical (unpaired) electrons. The average molecular weight is 301 g/mol. The van der Waals surface area contributed by atoms with E-state index >= 15 is 0 Å². The molecule has 0 aliphatic carbocycles. The number of halogens is 1. The lowest BCUT2D eigenvalue weighted by Crippen LogP contribution is -2.41. The van der Waals surface area contributed by atoms with E-state index in [4.69, 9.17) is 0 Å². The summed E-state index contributed by atoms with van der Waals surface area (Å²) in [4.78, 5) is 14.3. The summed E-state index contributed by atoms with van der Waals surface area (Å²) in [6, 6.07) is 1.87. The fourth-order valence-corrected chi connectivity index (χ4v) is 2.52. The van der Waals surface area contributed by atoms with Gasteiger partial charge in [-0.3, -0.25) is 9.48 Å². The predicted octanol–water partition coefficient (Wildman–Crippen LogP) is 1.61. The van der Waals surface area contributed by atoms with Crippen LogP contribution in [0, 0.1) is 12.8 Å². The highest BCUT2D eigenvalue weighted by molar-refractivity contribution is 5.92. The van der Waals surface area contributed by atoms with E-state index in [1.54, 1.807) is 4.68 Å². The number of piperidine rings is 1. The lowest BCUT2D eigenvalue weighted by atomic mass is 9.96. The monoisotopic (exact) mass is 300 g/mol. The van der Waals surface area contributed by atoms with E-state index in [-0.39, 0.29) is 18.3 Å². The maximum atomic E-state index is 12.3. The van der Waals surface area contributed by atoms with Crippen molar-refractivity contribution in [1.82, 2.24) is 20.0 Å². The van der Waals surface area contributed by atoms with E-state index in [1.165, 1.54) is 0 Å². The van der Waals surface area contributed by atoms with Gasteiger partial charge < -0.3 is 10.2 Å². The lowest BCUT2D eigenvalue weighted by molar-refractivity contribution is 0.0683. The van der Waals surface area contributed by atoms with Gasteiger partial charge in [0, 0.05) is 25.8 Å². The number of amides is 1. The van der Waals surface area contributed by atoms with Crippen LogP contribution in [0.4, 0.5) is 0 Å². The first-order chi connectivity index (χ1) is 9.11. The van der Waals surface area contributed by atoms with E-state index in [1.807, 2.05) is 24.9 Å². The second kappa shape index (κ2) is 7.64. The van der Waals surface area contributed by atoms with E-state index in [0.717, 1.165) is 44.7 Å². The molecular formula is C14H25ClN4O. The molecule has 114 valence electrons. The van der Waals surface area contributed by atoms with Gasteiger partial charge in [0.15, 0.2) is 5.69 Å². The molecule has 0 unspecified atom stereocenters. The highest BCUT2D eigenvalue weighted by Crippen LogP contribution is 2.18. The van der Waals surface area contributed by atoms with Crippen molar-refractivity contribution in [3.8, 4) is 0 Å². The van der Waals surface area contributed by atoms with Crippen molar-refractivity contribution in [2.24, 2.45) is 13.0 Å². The lowest BCUT2D eigenvalue weighted by Gasteiger charge is -2.31. The van der Waals surface area contributed by atoms with Gasteiger partial charge in [0.1, 0.15) is 0 Å². The molecule has 20 heavy (non-hydrogen) atoms. The maximum Gasteiger partial charge on any atom is 0.274 e. The van der Waals surface area contributed by atoms with Crippen molar-refractivity contribution in [3.05, 3.63) is 17.5 Å². The molecule has 2 rings (SSSR count). The number of aryl methyl sites for hydroxylation is 2. The minimum Gasteiger partial charge on any atom is -0.337 e. The Hall–Kier alpha value is -1.07. The van der Waals surface area contributed by atoms with Crippen LogP contribution in [0.2, 0.25) is 0 Å². The van der Waals surface area contributed by atoms with Crippen molar-refractivity contribution in [2.75, 3.05) is 26.2 Å². The van der Waals surface area contributed by atoms with Gasteiger partial charge in [0.25, 0.3) is 5.91 Å². The van der Waals surface area contributed by atoms with Crippen LogP contribution in [-0.4, -0.2) is 46.8 Å². The zero-order valence-corrected chi connectivity index (χ0v) is 13.4. The third kappa shape index (κ3) is 3.96. The summed E-state index contributed by atoms with van der Waals surface area (Å²) < 4.78 is 1.76. The van der Waals surface area contributed by atoms with Gasteiger partial charge in [-0.1, -0.05) is 6.92 Å². The summed E-state index contributed by atoms with van der Waals surface area (Å²) >= 11 is 0. The van der Waals surface area contributed by atoms with Crippen molar-refractivity contribution in [2.45, 2.75) is 26.7 Å². The summed E-state index contributed by atoms with van der Waals surface area (Å²) in [5, 5.41) is 7.65. The van der Waals surface area contributed by atoms with E-state index < -0.39 is 0 Å². The smallest absolute Gasteiger partial charge is 0.274 e. The molecule has 1 N–H and O–H groups in total. The molecule has 0 aromatic carbocycles. The fraction of sp³-hybridized carbons (Fsp3) is 0.714. The molecule has 5 nitrogen and oxygen atoms in total. The van der Waals surface area contributed by atoms with E-state index in [2.05, 4.69) is 17.3 Å². The minimum absolute atomic E-state index is 0. The molecule has 1 aliphatic rings. The largest absolute Gasteiger partial charge is 0.337 e. The first-order valence-electron chi connectivity index (χ1n) is 7.12. The van der Waals surface area contributed by atoms with Crippen molar-refractivity contribution in [3.63, 3.8) is 0 Å². The number of carbonyl (C=O) groups excluding carboxylic acids is 1. The van der Waals surface area contributed by atoms with Crippen LogP contribution in [-0.2, 0) is 7.05 Å². The molecular weight excluding hydrogens is 276 g/mol. The topological polar surface area (TPSA) is 50.2 Å². The van der Waals surface area contributed by atoms with E-state index in [0.29, 0.717) is 11.6 Å².